The average Bonchev–Trinajstić information content (AvgIpc) is 2.46. The summed E-state index contributed by atoms with van der Waals surface area (Å²) in [4.78, 5) is 24.2. The summed E-state index contributed by atoms with van der Waals surface area (Å²) in [7, 11) is 0. The number of carbonyl (C=O) groups is 2. The van der Waals surface area contributed by atoms with Crippen molar-refractivity contribution in [2.75, 3.05) is 32.7 Å². The fourth-order valence-electron chi connectivity index (χ4n) is 2.36. The lowest BCUT2D eigenvalue weighted by Crippen LogP contribution is -3.16. The van der Waals surface area contributed by atoms with Crippen molar-refractivity contribution in [1.82, 2.24) is 10.6 Å². The topological polar surface area (TPSA) is 62.6 Å². The quantitative estimate of drug-likeness (QED) is 0.641. The summed E-state index contributed by atoms with van der Waals surface area (Å²) in [6, 6.07) is 10.1. The molecule has 1 heterocycles. The monoisotopic (exact) mass is 276 g/mol. The Bertz CT molecular complexity index is 461. The van der Waals surface area contributed by atoms with Crippen LogP contribution in [0, 0.1) is 0 Å². The van der Waals surface area contributed by atoms with Gasteiger partial charge in [-0.25, -0.2) is 0 Å². The standard InChI is InChI=1S/C15H21N3O2/c1-12(13-5-3-2-4-6-13)9-17-15(20)11-18-8-7-16-14(19)10-18/h2-6,12H,7-11H2,1H3,(H,16,19)(H,17,20)/p+1/t12-/m0/s1. The number of rotatable bonds is 5. The van der Waals surface area contributed by atoms with E-state index in [0.717, 1.165) is 11.4 Å². The summed E-state index contributed by atoms with van der Waals surface area (Å²) in [6.07, 6.45) is 0. The second-order valence-electron chi connectivity index (χ2n) is 5.32. The van der Waals surface area contributed by atoms with Crippen molar-refractivity contribution in [3.63, 3.8) is 0 Å². The molecule has 1 fully saturated rings. The van der Waals surface area contributed by atoms with Crippen LogP contribution in [0.4, 0.5) is 0 Å². The highest BCUT2D eigenvalue weighted by atomic mass is 16.2. The Balaban J connectivity index is 1.73. The van der Waals surface area contributed by atoms with Crippen LogP contribution in [0.5, 0.6) is 0 Å². The van der Waals surface area contributed by atoms with Gasteiger partial charge in [0.05, 0.1) is 13.1 Å². The van der Waals surface area contributed by atoms with Crippen LogP contribution >= 0.6 is 0 Å². The molecule has 108 valence electrons. The lowest BCUT2D eigenvalue weighted by molar-refractivity contribution is -0.885. The maximum Gasteiger partial charge on any atom is 0.275 e. The maximum absolute atomic E-state index is 11.9. The van der Waals surface area contributed by atoms with Crippen molar-refractivity contribution < 1.29 is 14.5 Å². The first-order valence-corrected chi connectivity index (χ1v) is 7.07. The Kier molecular flexibility index (Phi) is 5.12. The Morgan fingerprint density at radius 3 is 2.85 bits per heavy atom. The van der Waals surface area contributed by atoms with E-state index < -0.39 is 0 Å². The third kappa shape index (κ3) is 4.35. The van der Waals surface area contributed by atoms with E-state index in [1.807, 2.05) is 18.2 Å². The van der Waals surface area contributed by atoms with Crippen molar-refractivity contribution >= 4 is 11.8 Å². The molecule has 1 aliphatic rings. The van der Waals surface area contributed by atoms with E-state index in [-0.39, 0.29) is 11.8 Å². The van der Waals surface area contributed by atoms with E-state index in [4.69, 9.17) is 0 Å². The van der Waals surface area contributed by atoms with E-state index in [0.29, 0.717) is 32.1 Å². The van der Waals surface area contributed by atoms with E-state index in [9.17, 15) is 9.59 Å². The van der Waals surface area contributed by atoms with Crippen LogP contribution in [0.15, 0.2) is 30.3 Å². The molecule has 0 saturated carbocycles. The molecule has 0 radical (unpaired) electrons. The van der Waals surface area contributed by atoms with Crippen molar-refractivity contribution in [1.29, 1.82) is 0 Å². The van der Waals surface area contributed by atoms with Crippen LogP contribution in [0.3, 0.4) is 0 Å². The lowest BCUT2D eigenvalue weighted by atomic mass is 10.0. The highest BCUT2D eigenvalue weighted by Gasteiger charge is 2.22. The lowest BCUT2D eigenvalue weighted by Gasteiger charge is -2.23. The number of benzene rings is 1. The van der Waals surface area contributed by atoms with E-state index in [2.05, 4.69) is 29.7 Å². The highest BCUT2D eigenvalue weighted by Crippen LogP contribution is 2.12. The van der Waals surface area contributed by atoms with Crippen LogP contribution in [0.2, 0.25) is 0 Å². The molecule has 1 unspecified atom stereocenters. The number of carbonyl (C=O) groups excluding carboxylic acids is 2. The van der Waals surface area contributed by atoms with Crippen LogP contribution in [0.1, 0.15) is 18.4 Å². The summed E-state index contributed by atoms with van der Waals surface area (Å²) in [5.41, 5.74) is 1.22. The summed E-state index contributed by atoms with van der Waals surface area (Å²) >= 11 is 0. The minimum absolute atomic E-state index is 0.0116. The number of quaternary nitrogens is 1. The molecular formula is C15H22N3O2+. The molecule has 5 nitrogen and oxygen atoms in total. The normalized spacial score (nSPS) is 20.1. The summed E-state index contributed by atoms with van der Waals surface area (Å²) < 4.78 is 0. The van der Waals surface area contributed by atoms with Gasteiger partial charge in [0.2, 0.25) is 0 Å². The number of hydrogen-bond acceptors (Lipinski definition) is 2. The third-order valence-electron chi connectivity index (χ3n) is 3.60. The second kappa shape index (κ2) is 7.05. The molecule has 2 atom stereocenters. The molecule has 2 rings (SSSR count). The smallest absolute Gasteiger partial charge is 0.275 e. The van der Waals surface area contributed by atoms with Crippen LogP contribution in [-0.2, 0) is 9.59 Å². The number of nitrogens with one attached hydrogen (secondary N) is 3. The van der Waals surface area contributed by atoms with E-state index >= 15 is 0 Å². The molecule has 1 aromatic rings. The van der Waals surface area contributed by atoms with Gasteiger partial charge in [0, 0.05) is 6.54 Å². The van der Waals surface area contributed by atoms with Crippen LogP contribution in [0.25, 0.3) is 0 Å². The zero-order chi connectivity index (χ0) is 14.4. The first-order valence-electron chi connectivity index (χ1n) is 7.07. The maximum atomic E-state index is 11.9. The van der Waals surface area contributed by atoms with Gasteiger partial charge >= 0.3 is 0 Å². The molecule has 1 saturated heterocycles. The van der Waals surface area contributed by atoms with Crippen molar-refractivity contribution in [2.24, 2.45) is 0 Å². The number of hydrogen-bond donors (Lipinski definition) is 3. The largest absolute Gasteiger partial charge is 0.351 e. The van der Waals surface area contributed by atoms with Crippen molar-refractivity contribution in [3.05, 3.63) is 35.9 Å². The van der Waals surface area contributed by atoms with Gasteiger partial charge in [0.1, 0.15) is 0 Å². The summed E-state index contributed by atoms with van der Waals surface area (Å²) in [6.45, 7) is 4.95. The SMILES string of the molecule is C[C@@H](CNC(=O)C[NH+]1CCNC(=O)C1)c1ccccc1. The van der Waals surface area contributed by atoms with Gasteiger partial charge in [-0.1, -0.05) is 37.3 Å². The van der Waals surface area contributed by atoms with Gasteiger partial charge in [-0.15, -0.1) is 0 Å². The highest BCUT2D eigenvalue weighted by molar-refractivity contribution is 5.79. The molecule has 20 heavy (non-hydrogen) atoms. The van der Waals surface area contributed by atoms with Gasteiger partial charge in [0.15, 0.2) is 13.1 Å². The predicted molar refractivity (Wildman–Crippen MR) is 76.4 cm³/mol. The molecule has 0 aromatic heterocycles. The third-order valence-corrected chi connectivity index (χ3v) is 3.60. The van der Waals surface area contributed by atoms with E-state index in [1.165, 1.54) is 5.56 Å². The molecule has 0 bridgehead atoms. The van der Waals surface area contributed by atoms with Crippen LogP contribution in [-0.4, -0.2) is 44.5 Å². The van der Waals surface area contributed by atoms with Crippen molar-refractivity contribution in [2.45, 2.75) is 12.8 Å². The molecule has 1 aromatic carbocycles. The van der Waals surface area contributed by atoms with Crippen LogP contribution < -0.4 is 15.5 Å². The van der Waals surface area contributed by atoms with Crippen molar-refractivity contribution in [3.8, 4) is 0 Å². The first kappa shape index (κ1) is 14.5. The van der Waals surface area contributed by atoms with Gasteiger partial charge in [-0.3, -0.25) is 9.59 Å². The van der Waals surface area contributed by atoms with Gasteiger partial charge in [-0.2, -0.15) is 0 Å². The fourth-order valence-corrected chi connectivity index (χ4v) is 2.36. The molecular weight excluding hydrogens is 254 g/mol. The average molecular weight is 276 g/mol. The molecule has 2 amide bonds. The zero-order valence-electron chi connectivity index (χ0n) is 11.8. The molecule has 1 aliphatic heterocycles. The fraction of sp³-hybridized carbons (Fsp3) is 0.467. The molecule has 0 aliphatic carbocycles. The minimum Gasteiger partial charge on any atom is -0.351 e. The Morgan fingerprint density at radius 1 is 1.40 bits per heavy atom. The number of piperazine rings is 1. The summed E-state index contributed by atoms with van der Waals surface area (Å²) in [5.74, 6) is 0.328. The van der Waals surface area contributed by atoms with Gasteiger partial charge in [-0.05, 0) is 11.5 Å². The van der Waals surface area contributed by atoms with E-state index in [1.54, 1.807) is 0 Å². The Labute approximate surface area is 119 Å². The summed E-state index contributed by atoms with van der Waals surface area (Å²) in [5, 5.41) is 5.72. The minimum atomic E-state index is 0.0116. The van der Waals surface area contributed by atoms with Gasteiger partial charge < -0.3 is 15.5 Å². The molecule has 5 heteroatoms. The predicted octanol–water partition coefficient (Wildman–Crippen LogP) is -1.08. The Morgan fingerprint density at radius 2 is 2.15 bits per heavy atom. The molecule has 0 spiro atoms. The zero-order valence-corrected chi connectivity index (χ0v) is 11.8. The number of amides is 2. The first-order chi connectivity index (χ1) is 9.65. The Hall–Kier alpha value is -1.88. The molecule has 3 N–H and O–H groups in total. The van der Waals surface area contributed by atoms with Gasteiger partial charge in [0.25, 0.3) is 11.8 Å². The second-order valence-corrected chi connectivity index (χ2v) is 5.32.